The highest BCUT2D eigenvalue weighted by atomic mass is 32.2. The van der Waals surface area contributed by atoms with E-state index in [4.69, 9.17) is 4.84 Å². The third-order valence-electron chi connectivity index (χ3n) is 4.93. The van der Waals surface area contributed by atoms with Crippen molar-refractivity contribution in [2.24, 2.45) is 5.92 Å². The average molecular weight is 324 g/mol. The fourth-order valence-corrected chi connectivity index (χ4v) is 4.70. The monoisotopic (exact) mass is 324 g/mol. The predicted octanol–water partition coefficient (Wildman–Crippen LogP) is 1.80. The van der Waals surface area contributed by atoms with Crippen molar-refractivity contribution in [3.63, 3.8) is 0 Å². The van der Waals surface area contributed by atoms with Gasteiger partial charge in [0.25, 0.3) is 0 Å². The van der Waals surface area contributed by atoms with Gasteiger partial charge in [-0.05, 0) is 31.6 Å². The van der Waals surface area contributed by atoms with Crippen molar-refractivity contribution in [3.05, 3.63) is 0 Å². The Kier molecular flexibility index (Phi) is 4.93. The molecular formula is C15H24N4O2S. The number of nitrogens with zero attached hydrogens (tertiary/aromatic N) is 4. The van der Waals surface area contributed by atoms with Crippen molar-refractivity contribution in [2.75, 3.05) is 18.2 Å². The maximum absolute atomic E-state index is 12.2. The summed E-state index contributed by atoms with van der Waals surface area (Å²) in [4.78, 5) is 20.0. The molecule has 1 saturated carbocycles. The Morgan fingerprint density at radius 3 is 2.64 bits per heavy atom. The summed E-state index contributed by atoms with van der Waals surface area (Å²) in [7, 11) is 0. The first-order valence-electron chi connectivity index (χ1n) is 8.06. The fourth-order valence-electron chi connectivity index (χ4n) is 3.54. The molecule has 122 valence electrons. The Morgan fingerprint density at radius 2 is 2.09 bits per heavy atom. The van der Waals surface area contributed by atoms with Gasteiger partial charge in [0.15, 0.2) is 0 Å². The van der Waals surface area contributed by atoms with E-state index in [-0.39, 0.29) is 24.2 Å². The van der Waals surface area contributed by atoms with Gasteiger partial charge in [-0.1, -0.05) is 12.1 Å². The molecule has 0 aromatic heterocycles. The minimum atomic E-state index is -0.0819. The van der Waals surface area contributed by atoms with Crippen LogP contribution >= 0.6 is 11.8 Å². The summed E-state index contributed by atoms with van der Waals surface area (Å²) < 4.78 is 0. The van der Waals surface area contributed by atoms with E-state index in [9.17, 15) is 10.1 Å². The van der Waals surface area contributed by atoms with E-state index in [1.54, 1.807) is 28.9 Å². The summed E-state index contributed by atoms with van der Waals surface area (Å²) in [5.74, 6) is 2.44. The second kappa shape index (κ2) is 6.75. The molecule has 3 aliphatic rings. The van der Waals surface area contributed by atoms with E-state index in [2.05, 4.69) is 17.9 Å². The molecule has 1 aliphatic carbocycles. The van der Waals surface area contributed by atoms with Crippen molar-refractivity contribution >= 4 is 17.7 Å². The molecular weight excluding hydrogens is 300 g/mol. The third-order valence-corrected chi connectivity index (χ3v) is 5.96. The number of hydrazine groups is 1. The van der Waals surface area contributed by atoms with Gasteiger partial charge in [0.1, 0.15) is 18.8 Å². The maximum atomic E-state index is 12.2. The number of hydroxylamine groups is 1. The quantitative estimate of drug-likeness (QED) is 0.789. The molecule has 2 aliphatic heterocycles. The third kappa shape index (κ3) is 2.98. The van der Waals surface area contributed by atoms with Crippen LogP contribution in [0.3, 0.4) is 0 Å². The van der Waals surface area contributed by atoms with Crippen molar-refractivity contribution in [3.8, 4) is 6.07 Å². The van der Waals surface area contributed by atoms with Crippen molar-refractivity contribution in [1.29, 1.82) is 5.26 Å². The molecule has 2 unspecified atom stereocenters. The molecule has 2 heterocycles. The first-order valence-corrected chi connectivity index (χ1v) is 9.22. The topological polar surface area (TPSA) is 59.8 Å². The summed E-state index contributed by atoms with van der Waals surface area (Å²) in [6.45, 7) is 4.44. The molecule has 6 nitrogen and oxygen atoms in total. The lowest BCUT2D eigenvalue weighted by atomic mass is 9.87. The number of thioether (sulfide) groups is 1. The smallest absolute Gasteiger partial charge is 0.235 e. The van der Waals surface area contributed by atoms with Crippen LogP contribution in [-0.2, 0) is 9.63 Å². The van der Waals surface area contributed by atoms with Crippen LogP contribution in [0.4, 0.5) is 0 Å². The average Bonchev–Trinajstić information content (AvgIpc) is 2.92. The molecule has 0 N–H and O–H groups in total. The van der Waals surface area contributed by atoms with Crippen LogP contribution in [0, 0.1) is 17.2 Å². The van der Waals surface area contributed by atoms with Crippen LogP contribution in [-0.4, -0.2) is 57.5 Å². The van der Waals surface area contributed by atoms with E-state index >= 15 is 0 Å². The molecule has 0 radical (unpaired) electrons. The van der Waals surface area contributed by atoms with E-state index in [1.807, 2.05) is 0 Å². The molecule has 22 heavy (non-hydrogen) atoms. The van der Waals surface area contributed by atoms with E-state index in [1.165, 1.54) is 0 Å². The van der Waals surface area contributed by atoms with Crippen molar-refractivity contribution < 1.29 is 9.63 Å². The zero-order valence-electron chi connectivity index (χ0n) is 13.3. The van der Waals surface area contributed by atoms with E-state index in [0.717, 1.165) is 43.2 Å². The van der Waals surface area contributed by atoms with E-state index in [0.29, 0.717) is 6.61 Å². The van der Waals surface area contributed by atoms with E-state index < -0.39 is 0 Å². The molecule has 2 atom stereocenters. The van der Waals surface area contributed by atoms with Crippen LogP contribution < -0.4 is 0 Å². The number of amides is 1. The Balaban J connectivity index is 1.70. The van der Waals surface area contributed by atoms with Gasteiger partial charge in [-0.2, -0.15) is 5.26 Å². The van der Waals surface area contributed by atoms with Crippen molar-refractivity contribution in [2.45, 2.75) is 57.8 Å². The van der Waals surface area contributed by atoms with Gasteiger partial charge in [0.2, 0.25) is 5.91 Å². The second-order valence-corrected chi connectivity index (χ2v) is 7.51. The first-order chi connectivity index (χ1) is 10.6. The summed E-state index contributed by atoms with van der Waals surface area (Å²) in [6.07, 6.45) is 4.40. The maximum Gasteiger partial charge on any atom is 0.235 e. The molecule has 7 heteroatoms. The molecule has 2 saturated heterocycles. The van der Waals surface area contributed by atoms with Gasteiger partial charge in [0.05, 0.1) is 12.1 Å². The number of carbonyl (C=O) groups excluding carboxylic acids is 1. The van der Waals surface area contributed by atoms with Gasteiger partial charge < -0.3 is 0 Å². The van der Waals surface area contributed by atoms with Gasteiger partial charge in [-0.25, -0.2) is 5.01 Å². The van der Waals surface area contributed by atoms with Gasteiger partial charge in [-0.3, -0.25) is 14.5 Å². The number of hydrogen-bond donors (Lipinski definition) is 0. The van der Waals surface area contributed by atoms with Crippen LogP contribution in [0.25, 0.3) is 0 Å². The summed E-state index contributed by atoms with van der Waals surface area (Å²) >= 11 is 1.77. The molecule has 0 bridgehead atoms. The van der Waals surface area contributed by atoms with Crippen LogP contribution in [0.1, 0.15) is 39.5 Å². The highest BCUT2D eigenvalue weighted by Crippen LogP contribution is 2.34. The SMILES string of the molecule is CC(=O)N(C1CCC(C)CC1)N1OCC1N1CSCC1C#N. The van der Waals surface area contributed by atoms with Crippen molar-refractivity contribution in [1.82, 2.24) is 15.1 Å². The first kappa shape index (κ1) is 16.1. The molecule has 0 aromatic rings. The molecule has 3 rings (SSSR count). The lowest BCUT2D eigenvalue weighted by Gasteiger charge is -2.52. The lowest BCUT2D eigenvalue weighted by molar-refractivity contribution is -0.412. The summed E-state index contributed by atoms with van der Waals surface area (Å²) in [6, 6.07) is 2.50. The zero-order valence-corrected chi connectivity index (χ0v) is 14.1. The number of carbonyl (C=O) groups is 1. The Morgan fingerprint density at radius 1 is 1.36 bits per heavy atom. The largest absolute Gasteiger partial charge is 0.274 e. The van der Waals surface area contributed by atoms with Crippen LogP contribution in [0.5, 0.6) is 0 Å². The zero-order chi connectivity index (χ0) is 15.7. The fraction of sp³-hybridized carbons (Fsp3) is 0.867. The summed E-state index contributed by atoms with van der Waals surface area (Å²) in [5, 5.41) is 12.8. The summed E-state index contributed by atoms with van der Waals surface area (Å²) in [5.41, 5.74) is 0. The molecule has 3 fully saturated rings. The minimum Gasteiger partial charge on any atom is -0.274 e. The second-order valence-electron chi connectivity index (χ2n) is 6.52. The highest BCUT2D eigenvalue weighted by molar-refractivity contribution is 7.99. The molecule has 0 spiro atoms. The van der Waals surface area contributed by atoms with Gasteiger partial charge in [-0.15, -0.1) is 11.8 Å². The van der Waals surface area contributed by atoms with Gasteiger partial charge in [0, 0.05) is 18.6 Å². The normalized spacial score (nSPS) is 36.6. The number of rotatable bonds is 3. The lowest BCUT2D eigenvalue weighted by Crippen LogP contribution is -2.69. The van der Waals surface area contributed by atoms with Gasteiger partial charge >= 0.3 is 0 Å². The highest BCUT2D eigenvalue weighted by Gasteiger charge is 2.46. The minimum absolute atomic E-state index is 0.0166. The Labute approximate surface area is 136 Å². The predicted molar refractivity (Wildman–Crippen MR) is 84.1 cm³/mol. The van der Waals surface area contributed by atoms with Crippen LogP contribution in [0.15, 0.2) is 0 Å². The number of hydrogen-bond acceptors (Lipinski definition) is 6. The Bertz CT molecular complexity index is 461. The standard InChI is InChI=1S/C15H24N4O2S/c1-11-3-5-13(6-4-11)18(12(2)20)19-15(8-21-19)17-10-22-9-14(17)7-16/h11,13-15H,3-6,8-10H2,1-2H3. The van der Waals surface area contributed by atoms with Crippen LogP contribution in [0.2, 0.25) is 0 Å². The molecule has 0 aromatic carbocycles. The Hall–Kier alpha value is -0.810. The molecule has 1 amide bonds. The number of nitriles is 1.